The van der Waals surface area contributed by atoms with Crippen LogP contribution in [0.1, 0.15) is 30.9 Å². The zero-order chi connectivity index (χ0) is 17.2. The van der Waals surface area contributed by atoms with Gasteiger partial charge in [0.15, 0.2) is 0 Å². The van der Waals surface area contributed by atoms with Crippen molar-refractivity contribution >= 4 is 34.0 Å². The number of carbonyl (C=O) groups is 1. The molecule has 0 spiro atoms. The smallest absolute Gasteiger partial charge is 0.323 e. The van der Waals surface area contributed by atoms with Gasteiger partial charge in [0.25, 0.3) is 0 Å². The highest BCUT2D eigenvalue weighted by Gasteiger charge is 2.26. The first-order chi connectivity index (χ1) is 12.2. The zero-order valence-corrected chi connectivity index (χ0v) is 14.6. The molecule has 3 heterocycles. The average Bonchev–Trinajstić information content (AvgIpc) is 3.31. The maximum atomic E-state index is 12.3. The van der Waals surface area contributed by atoms with Crippen molar-refractivity contribution in [3.05, 3.63) is 51.1 Å². The summed E-state index contributed by atoms with van der Waals surface area (Å²) in [6.45, 7) is 1.81. The van der Waals surface area contributed by atoms with Gasteiger partial charge < -0.3 is 15.3 Å². The van der Waals surface area contributed by atoms with Crippen LogP contribution in [0.3, 0.4) is 0 Å². The summed E-state index contributed by atoms with van der Waals surface area (Å²) in [5.74, 6) is -0.00630. The van der Waals surface area contributed by atoms with Crippen LogP contribution in [0.4, 0.5) is 5.69 Å². The summed E-state index contributed by atoms with van der Waals surface area (Å²) in [5.41, 5.74) is 3.25. The fourth-order valence-electron chi connectivity index (χ4n) is 3.51. The average molecular weight is 356 g/mol. The number of thiophene rings is 1. The predicted octanol–water partition coefficient (Wildman–Crippen LogP) is 3.08. The largest absolute Gasteiger partial charge is 0.326 e. The molecule has 25 heavy (non-hydrogen) atoms. The summed E-state index contributed by atoms with van der Waals surface area (Å²) in [6.07, 6.45) is 2.80. The van der Waals surface area contributed by atoms with Crippen molar-refractivity contribution < 1.29 is 4.79 Å². The molecule has 0 bridgehead atoms. The second-order valence-corrected chi connectivity index (χ2v) is 7.17. The van der Waals surface area contributed by atoms with Gasteiger partial charge in [-0.3, -0.25) is 9.69 Å². The van der Waals surface area contributed by atoms with E-state index in [4.69, 9.17) is 0 Å². The molecule has 130 valence electrons. The number of hydrogen-bond donors (Lipinski definition) is 3. The SMILES string of the molecule is O=C(CCN1CCC[C@H]1c1ccsc1)Nc1ccc2[nH]c(=O)[nH]c2c1. The lowest BCUT2D eigenvalue weighted by atomic mass is 10.1. The second kappa shape index (κ2) is 6.85. The van der Waals surface area contributed by atoms with Gasteiger partial charge in [0.05, 0.1) is 11.0 Å². The molecule has 1 saturated heterocycles. The highest BCUT2D eigenvalue weighted by Crippen LogP contribution is 2.32. The van der Waals surface area contributed by atoms with E-state index in [-0.39, 0.29) is 11.6 Å². The minimum Gasteiger partial charge on any atom is -0.326 e. The Bertz CT molecular complexity index is 928. The Morgan fingerprint density at radius 1 is 1.28 bits per heavy atom. The van der Waals surface area contributed by atoms with Crippen LogP contribution < -0.4 is 11.0 Å². The van der Waals surface area contributed by atoms with Crippen LogP contribution in [0.2, 0.25) is 0 Å². The number of imidazole rings is 1. The van der Waals surface area contributed by atoms with E-state index < -0.39 is 0 Å². The third-order valence-electron chi connectivity index (χ3n) is 4.72. The highest BCUT2D eigenvalue weighted by molar-refractivity contribution is 7.07. The number of benzene rings is 1. The van der Waals surface area contributed by atoms with Crippen molar-refractivity contribution in [3.63, 3.8) is 0 Å². The summed E-state index contributed by atoms with van der Waals surface area (Å²) < 4.78 is 0. The molecule has 1 aliphatic heterocycles. The molecule has 1 aromatic carbocycles. The van der Waals surface area contributed by atoms with Gasteiger partial charge in [-0.2, -0.15) is 11.3 Å². The number of aromatic nitrogens is 2. The Morgan fingerprint density at radius 2 is 2.16 bits per heavy atom. The molecular weight excluding hydrogens is 336 g/mol. The molecule has 1 fully saturated rings. The van der Waals surface area contributed by atoms with E-state index in [2.05, 4.69) is 37.0 Å². The fraction of sp³-hybridized carbons (Fsp3) is 0.333. The van der Waals surface area contributed by atoms with E-state index in [9.17, 15) is 9.59 Å². The maximum absolute atomic E-state index is 12.3. The fourth-order valence-corrected chi connectivity index (χ4v) is 4.22. The molecule has 4 rings (SSSR count). The number of fused-ring (bicyclic) bond motifs is 1. The molecule has 6 nitrogen and oxygen atoms in total. The van der Waals surface area contributed by atoms with Crippen LogP contribution in [0.5, 0.6) is 0 Å². The predicted molar refractivity (Wildman–Crippen MR) is 100 cm³/mol. The van der Waals surface area contributed by atoms with Gasteiger partial charge in [0.2, 0.25) is 5.91 Å². The lowest BCUT2D eigenvalue weighted by molar-refractivity contribution is -0.116. The number of likely N-dealkylation sites (tertiary alicyclic amines) is 1. The van der Waals surface area contributed by atoms with Gasteiger partial charge in [-0.15, -0.1) is 0 Å². The van der Waals surface area contributed by atoms with E-state index >= 15 is 0 Å². The third-order valence-corrected chi connectivity index (χ3v) is 5.42. The minimum absolute atomic E-state index is 0.00630. The second-order valence-electron chi connectivity index (χ2n) is 6.39. The summed E-state index contributed by atoms with van der Waals surface area (Å²) in [5, 5.41) is 7.23. The van der Waals surface area contributed by atoms with E-state index in [1.54, 1.807) is 29.5 Å². The molecule has 2 aromatic heterocycles. The normalized spacial score (nSPS) is 18.0. The van der Waals surface area contributed by atoms with E-state index in [0.717, 1.165) is 25.0 Å². The van der Waals surface area contributed by atoms with Gasteiger partial charge in [-0.1, -0.05) is 0 Å². The van der Waals surface area contributed by atoms with Crippen LogP contribution in [-0.4, -0.2) is 33.9 Å². The summed E-state index contributed by atoms with van der Waals surface area (Å²) in [4.78, 5) is 31.4. The number of aromatic amines is 2. The standard InChI is InChI=1S/C18H20N4O2S/c23-17(19-13-3-4-14-15(10-13)21-18(24)20-14)5-8-22-7-1-2-16(22)12-6-9-25-11-12/h3-4,6,9-11,16H,1-2,5,7-8H2,(H,19,23)(H2,20,21,24)/t16-/m0/s1. The minimum atomic E-state index is -0.244. The topological polar surface area (TPSA) is 81.0 Å². The first-order valence-corrected chi connectivity index (χ1v) is 9.41. The molecule has 7 heteroatoms. The third kappa shape index (κ3) is 3.52. The van der Waals surface area contributed by atoms with E-state index in [1.165, 1.54) is 12.0 Å². The van der Waals surface area contributed by atoms with Crippen LogP contribution in [0.15, 0.2) is 39.8 Å². The zero-order valence-electron chi connectivity index (χ0n) is 13.7. The monoisotopic (exact) mass is 356 g/mol. The van der Waals surface area contributed by atoms with Crippen molar-refractivity contribution in [1.29, 1.82) is 0 Å². The lowest BCUT2D eigenvalue weighted by Gasteiger charge is -2.23. The quantitative estimate of drug-likeness (QED) is 0.657. The van der Waals surface area contributed by atoms with Gasteiger partial charge in [0.1, 0.15) is 0 Å². The van der Waals surface area contributed by atoms with Crippen molar-refractivity contribution in [3.8, 4) is 0 Å². The van der Waals surface area contributed by atoms with Crippen molar-refractivity contribution in [2.45, 2.75) is 25.3 Å². The lowest BCUT2D eigenvalue weighted by Crippen LogP contribution is -2.27. The van der Waals surface area contributed by atoms with Crippen LogP contribution in [-0.2, 0) is 4.79 Å². The molecule has 0 saturated carbocycles. The number of amides is 1. The summed E-state index contributed by atoms with van der Waals surface area (Å²) in [7, 11) is 0. The molecule has 1 amide bonds. The van der Waals surface area contributed by atoms with Crippen LogP contribution >= 0.6 is 11.3 Å². The Kier molecular flexibility index (Phi) is 4.42. The molecular formula is C18H20N4O2S. The van der Waals surface area contributed by atoms with Crippen molar-refractivity contribution in [2.24, 2.45) is 0 Å². The number of carbonyl (C=O) groups excluding carboxylic acids is 1. The first kappa shape index (κ1) is 16.1. The van der Waals surface area contributed by atoms with E-state index in [0.29, 0.717) is 23.7 Å². The van der Waals surface area contributed by atoms with Crippen molar-refractivity contribution in [1.82, 2.24) is 14.9 Å². The Labute approximate surface area is 148 Å². The molecule has 1 atom stereocenters. The summed E-state index contributed by atoms with van der Waals surface area (Å²) >= 11 is 1.72. The number of H-pyrrole nitrogens is 2. The molecule has 0 unspecified atom stereocenters. The first-order valence-electron chi connectivity index (χ1n) is 8.47. The molecule has 0 aliphatic carbocycles. The van der Waals surface area contributed by atoms with E-state index in [1.807, 2.05) is 0 Å². The van der Waals surface area contributed by atoms with Crippen molar-refractivity contribution in [2.75, 3.05) is 18.4 Å². The van der Waals surface area contributed by atoms with Crippen LogP contribution in [0.25, 0.3) is 11.0 Å². The number of nitrogens with zero attached hydrogens (tertiary/aromatic N) is 1. The Balaban J connectivity index is 1.36. The Hall–Kier alpha value is -2.38. The molecule has 0 radical (unpaired) electrons. The highest BCUT2D eigenvalue weighted by atomic mass is 32.1. The molecule has 3 aromatic rings. The van der Waals surface area contributed by atoms with Gasteiger partial charge in [-0.25, -0.2) is 4.79 Å². The number of nitrogens with one attached hydrogen (secondary N) is 3. The van der Waals surface area contributed by atoms with Gasteiger partial charge in [-0.05, 0) is 60.0 Å². The number of hydrogen-bond acceptors (Lipinski definition) is 4. The molecule has 1 aliphatic rings. The van der Waals surface area contributed by atoms with Crippen LogP contribution in [0, 0.1) is 0 Å². The Morgan fingerprint density at radius 3 is 3.00 bits per heavy atom. The maximum Gasteiger partial charge on any atom is 0.323 e. The van der Waals surface area contributed by atoms with Gasteiger partial charge in [0, 0.05) is 24.7 Å². The summed E-state index contributed by atoms with van der Waals surface area (Å²) in [6, 6.07) is 7.99. The number of rotatable bonds is 5. The molecule has 3 N–H and O–H groups in total. The van der Waals surface area contributed by atoms with Gasteiger partial charge >= 0.3 is 5.69 Å². The number of anilines is 1.